The average Bonchev–Trinajstić information content (AvgIpc) is 2.47. The Bertz CT molecular complexity index is 310. The highest BCUT2D eigenvalue weighted by molar-refractivity contribution is 5.82. The predicted octanol–water partition coefficient (Wildman–Crippen LogP) is 1.32. The van der Waals surface area contributed by atoms with E-state index in [4.69, 9.17) is 0 Å². The molecule has 0 saturated carbocycles. The minimum Gasteiger partial charge on any atom is -0.282 e. The third-order valence-corrected chi connectivity index (χ3v) is 2.20. The molecule has 3 nitrogen and oxygen atoms in total. The van der Waals surface area contributed by atoms with E-state index < -0.39 is 0 Å². The molecule has 0 unspecified atom stereocenters. The van der Waals surface area contributed by atoms with Crippen molar-refractivity contribution in [2.24, 2.45) is 0 Å². The minimum atomic E-state index is 0.0938. The van der Waals surface area contributed by atoms with Crippen LogP contribution in [0, 0.1) is 0 Å². The number of hydrogen-bond acceptors (Lipinski definition) is 2. The van der Waals surface area contributed by atoms with Gasteiger partial charge in [0.05, 0.1) is 18.2 Å². The van der Waals surface area contributed by atoms with Crippen molar-refractivity contribution in [1.82, 2.24) is 5.43 Å². The first kappa shape index (κ1) is 8.10. The van der Waals surface area contributed by atoms with Gasteiger partial charge in [-0.15, -0.1) is 0 Å². The summed E-state index contributed by atoms with van der Waals surface area (Å²) in [6.45, 7) is 2.03. The summed E-state index contributed by atoms with van der Waals surface area (Å²) < 4.78 is 0. The van der Waals surface area contributed by atoms with E-state index in [-0.39, 0.29) is 11.9 Å². The number of hydrazine groups is 1. The van der Waals surface area contributed by atoms with Crippen molar-refractivity contribution >= 4 is 11.6 Å². The third kappa shape index (κ3) is 1.49. The maximum atomic E-state index is 11.1. The van der Waals surface area contributed by atoms with E-state index in [0.717, 1.165) is 5.69 Å². The molecule has 1 amide bonds. The summed E-state index contributed by atoms with van der Waals surface area (Å²) in [6, 6.07) is 10.1. The van der Waals surface area contributed by atoms with Crippen LogP contribution in [0.3, 0.4) is 0 Å². The van der Waals surface area contributed by atoms with Crippen molar-refractivity contribution < 1.29 is 4.79 Å². The molecule has 1 saturated heterocycles. The van der Waals surface area contributed by atoms with Gasteiger partial charge in [-0.2, -0.15) is 0 Å². The molecule has 1 fully saturated rings. The first-order valence-corrected chi connectivity index (χ1v) is 4.41. The van der Waals surface area contributed by atoms with Crippen molar-refractivity contribution in [3.8, 4) is 0 Å². The van der Waals surface area contributed by atoms with Gasteiger partial charge in [-0.3, -0.25) is 15.2 Å². The topological polar surface area (TPSA) is 32.3 Å². The fourth-order valence-electron chi connectivity index (χ4n) is 1.56. The van der Waals surface area contributed by atoms with Crippen molar-refractivity contribution in [2.75, 3.05) is 5.01 Å². The van der Waals surface area contributed by atoms with Gasteiger partial charge in [-0.05, 0) is 19.1 Å². The van der Waals surface area contributed by atoms with Crippen LogP contribution in [0.2, 0.25) is 0 Å². The molecule has 0 aromatic heterocycles. The highest BCUT2D eigenvalue weighted by Crippen LogP contribution is 2.19. The molecular weight excluding hydrogens is 164 g/mol. The fraction of sp³-hybridized carbons (Fsp3) is 0.300. The molecule has 68 valence electrons. The number of carbonyl (C=O) groups excluding carboxylic acids is 1. The van der Waals surface area contributed by atoms with Crippen molar-refractivity contribution in [1.29, 1.82) is 0 Å². The van der Waals surface area contributed by atoms with E-state index in [0.29, 0.717) is 6.42 Å². The van der Waals surface area contributed by atoms with Gasteiger partial charge in [-0.1, -0.05) is 18.2 Å². The molecule has 1 aliphatic rings. The van der Waals surface area contributed by atoms with Crippen LogP contribution < -0.4 is 10.4 Å². The lowest BCUT2D eigenvalue weighted by molar-refractivity contribution is -0.119. The zero-order valence-electron chi connectivity index (χ0n) is 7.53. The van der Waals surface area contributed by atoms with Crippen LogP contribution in [-0.2, 0) is 4.79 Å². The number of amides is 1. The summed E-state index contributed by atoms with van der Waals surface area (Å²) >= 11 is 0. The molecule has 1 heterocycles. The number of rotatable bonds is 1. The first-order chi connectivity index (χ1) is 6.27. The van der Waals surface area contributed by atoms with Crippen molar-refractivity contribution in [3.05, 3.63) is 30.3 Å². The summed E-state index contributed by atoms with van der Waals surface area (Å²) in [5.41, 5.74) is 3.86. The molecule has 2 rings (SSSR count). The number of carbonyl (C=O) groups is 1. The molecule has 0 bridgehead atoms. The Kier molecular flexibility index (Phi) is 1.93. The van der Waals surface area contributed by atoms with Crippen molar-refractivity contribution in [2.45, 2.75) is 19.4 Å². The van der Waals surface area contributed by atoms with Gasteiger partial charge in [0, 0.05) is 0 Å². The summed E-state index contributed by atoms with van der Waals surface area (Å²) in [5, 5.41) is 1.91. The van der Waals surface area contributed by atoms with E-state index in [1.165, 1.54) is 0 Å². The van der Waals surface area contributed by atoms with Gasteiger partial charge in [0.1, 0.15) is 0 Å². The monoisotopic (exact) mass is 176 g/mol. The second-order valence-corrected chi connectivity index (χ2v) is 3.29. The van der Waals surface area contributed by atoms with E-state index in [1.807, 2.05) is 42.3 Å². The molecule has 1 N–H and O–H groups in total. The van der Waals surface area contributed by atoms with Gasteiger partial charge in [0.25, 0.3) is 0 Å². The van der Waals surface area contributed by atoms with Crippen LogP contribution >= 0.6 is 0 Å². The Morgan fingerprint density at radius 1 is 1.38 bits per heavy atom. The average molecular weight is 176 g/mol. The summed E-state index contributed by atoms with van der Waals surface area (Å²) in [7, 11) is 0. The first-order valence-electron chi connectivity index (χ1n) is 4.41. The molecule has 1 aromatic carbocycles. The zero-order chi connectivity index (χ0) is 9.26. The van der Waals surface area contributed by atoms with Crippen LogP contribution in [0.25, 0.3) is 0 Å². The lowest BCUT2D eigenvalue weighted by Gasteiger charge is -2.22. The van der Waals surface area contributed by atoms with Gasteiger partial charge in [0.15, 0.2) is 0 Å². The second kappa shape index (κ2) is 3.09. The molecule has 13 heavy (non-hydrogen) atoms. The Labute approximate surface area is 77.3 Å². The van der Waals surface area contributed by atoms with E-state index in [9.17, 15) is 4.79 Å². The van der Waals surface area contributed by atoms with E-state index >= 15 is 0 Å². The number of anilines is 1. The van der Waals surface area contributed by atoms with E-state index in [2.05, 4.69) is 5.43 Å². The second-order valence-electron chi connectivity index (χ2n) is 3.29. The largest absolute Gasteiger partial charge is 0.282 e. The molecule has 1 aromatic rings. The molecule has 0 spiro atoms. The molecule has 0 aliphatic carbocycles. The Morgan fingerprint density at radius 2 is 2.08 bits per heavy atom. The minimum absolute atomic E-state index is 0.0938. The van der Waals surface area contributed by atoms with Crippen LogP contribution in [0.4, 0.5) is 5.69 Å². The molecule has 3 heteroatoms. The number of nitrogens with zero attached hydrogens (tertiary/aromatic N) is 1. The van der Waals surface area contributed by atoms with Gasteiger partial charge in [-0.25, -0.2) is 0 Å². The van der Waals surface area contributed by atoms with Crippen LogP contribution in [-0.4, -0.2) is 11.9 Å². The molecule has 1 atom stereocenters. The zero-order valence-corrected chi connectivity index (χ0v) is 7.53. The number of benzene rings is 1. The molecular formula is C10H12N2O. The highest BCUT2D eigenvalue weighted by atomic mass is 16.2. The number of nitrogens with one attached hydrogen (secondary N) is 1. The quantitative estimate of drug-likeness (QED) is 0.699. The summed E-state index contributed by atoms with van der Waals surface area (Å²) in [6.07, 6.45) is 0.578. The predicted molar refractivity (Wildman–Crippen MR) is 51.1 cm³/mol. The SMILES string of the molecule is C[C@H]1CC(=O)NN1c1ccccc1. The van der Waals surface area contributed by atoms with Crippen LogP contribution in [0.15, 0.2) is 30.3 Å². The molecule has 0 radical (unpaired) electrons. The number of hydrogen-bond donors (Lipinski definition) is 1. The van der Waals surface area contributed by atoms with Gasteiger partial charge in [0.2, 0.25) is 5.91 Å². The maximum Gasteiger partial charge on any atom is 0.240 e. The Balaban J connectivity index is 2.23. The van der Waals surface area contributed by atoms with Crippen LogP contribution in [0.1, 0.15) is 13.3 Å². The standard InChI is InChI=1S/C10H12N2O/c1-8-7-10(13)11-12(8)9-5-3-2-4-6-9/h2-6,8H,7H2,1H3,(H,11,13)/t8-/m0/s1. The lowest BCUT2D eigenvalue weighted by Crippen LogP contribution is -2.36. The fourth-order valence-corrected chi connectivity index (χ4v) is 1.56. The smallest absolute Gasteiger partial charge is 0.240 e. The Hall–Kier alpha value is -1.51. The highest BCUT2D eigenvalue weighted by Gasteiger charge is 2.26. The van der Waals surface area contributed by atoms with Crippen LogP contribution in [0.5, 0.6) is 0 Å². The maximum absolute atomic E-state index is 11.1. The lowest BCUT2D eigenvalue weighted by atomic mass is 10.2. The summed E-state index contributed by atoms with van der Waals surface area (Å²) in [5.74, 6) is 0.0938. The van der Waals surface area contributed by atoms with Crippen molar-refractivity contribution in [3.63, 3.8) is 0 Å². The summed E-state index contributed by atoms with van der Waals surface area (Å²) in [4.78, 5) is 11.1. The number of para-hydroxylation sites is 1. The van der Waals surface area contributed by atoms with Gasteiger partial charge >= 0.3 is 0 Å². The van der Waals surface area contributed by atoms with E-state index in [1.54, 1.807) is 0 Å². The third-order valence-electron chi connectivity index (χ3n) is 2.20. The Morgan fingerprint density at radius 3 is 2.62 bits per heavy atom. The van der Waals surface area contributed by atoms with Gasteiger partial charge < -0.3 is 0 Å². The normalized spacial score (nSPS) is 21.8. The molecule has 1 aliphatic heterocycles.